The van der Waals surface area contributed by atoms with Crippen molar-refractivity contribution in [3.8, 4) is 0 Å². The van der Waals surface area contributed by atoms with E-state index in [-0.39, 0.29) is 12.5 Å². The fourth-order valence-electron chi connectivity index (χ4n) is 1.68. The van der Waals surface area contributed by atoms with Gasteiger partial charge in [-0.1, -0.05) is 0 Å². The molecule has 0 spiro atoms. The smallest absolute Gasteiger partial charge is 0.237 e. The van der Waals surface area contributed by atoms with E-state index >= 15 is 0 Å². The Hall–Kier alpha value is -0.610. The molecule has 4 heteroatoms. The Morgan fingerprint density at radius 2 is 2.07 bits per heavy atom. The first-order valence-corrected chi connectivity index (χ1v) is 5.20. The summed E-state index contributed by atoms with van der Waals surface area (Å²) in [4.78, 5) is 15.4. The molecule has 1 aliphatic carbocycles. The quantitative estimate of drug-likeness (QED) is 0.675. The van der Waals surface area contributed by atoms with Gasteiger partial charge in [-0.25, -0.2) is 0 Å². The lowest BCUT2D eigenvalue weighted by Crippen LogP contribution is -2.48. The molecule has 0 unspecified atom stereocenters. The number of aliphatic hydroxyl groups is 1. The van der Waals surface area contributed by atoms with Crippen molar-refractivity contribution in [3.63, 3.8) is 0 Å². The monoisotopic (exact) mass is 200 g/mol. The standard InChI is InChI=1S/C10H20N2O2/c1-11(2)8-10(14)12(6-7-13)9-4-3-5-9/h9,13H,3-8H2,1-2H3. The number of likely N-dealkylation sites (N-methyl/N-ethyl adjacent to an activating group) is 1. The Balaban J connectivity index is 2.43. The predicted molar refractivity (Wildman–Crippen MR) is 55.0 cm³/mol. The first-order chi connectivity index (χ1) is 6.65. The SMILES string of the molecule is CN(C)CC(=O)N(CCO)C1CCC1. The van der Waals surface area contributed by atoms with E-state index < -0.39 is 0 Å². The number of rotatable bonds is 5. The molecule has 14 heavy (non-hydrogen) atoms. The summed E-state index contributed by atoms with van der Waals surface area (Å²) in [5, 5.41) is 8.88. The Bertz CT molecular complexity index is 191. The minimum Gasteiger partial charge on any atom is -0.395 e. The summed E-state index contributed by atoms with van der Waals surface area (Å²) in [6.07, 6.45) is 3.40. The Morgan fingerprint density at radius 3 is 2.43 bits per heavy atom. The maximum Gasteiger partial charge on any atom is 0.237 e. The Labute approximate surface area is 85.5 Å². The maximum atomic E-state index is 11.8. The molecule has 0 bridgehead atoms. The molecule has 1 amide bonds. The van der Waals surface area contributed by atoms with Crippen molar-refractivity contribution in [2.24, 2.45) is 0 Å². The molecular formula is C10H20N2O2. The molecule has 0 aromatic carbocycles. The van der Waals surface area contributed by atoms with E-state index in [0.717, 1.165) is 12.8 Å². The molecule has 1 saturated carbocycles. The molecular weight excluding hydrogens is 180 g/mol. The normalized spacial score (nSPS) is 16.9. The van der Waals surface area contributed by atoms with Crippen molar-refractivity contribution in [1.29, 1.82) is 0 Å². The van der Waals surface area contributed by atoms with Crippen molar-refractivity contribution in [1.82, 2.24) is 9.80 Å². The van der Waals surface area contributed by atoms with E-state index in [2.05, 4.69) is 0 Å². The molecule has 0 saturated heterocycles. The van der Waals surface area contributed by atoms with Gasteiger partial charge in [0.15, 0.2) is 0 Å². The van der Waals surface area contributed by atoms with Crippen molar-refractivity contribution < 1.29 is 9.90 Å². The molecule has 1 aliphatic rings. The van der Waals surface area contributed by atoms with E-state index in [9.17, 15) is 4.79 Å². The minimum atomic E-state index is 0.0651. The summed E-state index contributed by atoms with van der Waals surface area (Å²) in [5.41, 5.74) is 0. The molecule has 1 fully saturated rings. The summed E-state index contributed by atoms with van der Waals surface area (Å²) in [6, 6.07) is 0.384. The van der Waals surface area contributed by atoms with Gasteiger partial charge in [-0.2, -0.15) is 0 Å². The molecule has 1 rings (SSSR count). The van der Waals surface area contributed by atoms with Gasteiger partial charge in [-0.3, -0.25) is 4.79 Å². The number of aliphatic hydroxyl groups excluding tert-OH is 1. The van der Waals surface area contributed by atoms with Crippen molar-refractivity contribution in [2.75, 3.05) is 33.8 Å². The van der Waals surface area contributed by atoms with Crippen LogP contribution in [0, 0.1) is 0 Å². The van der Waals surface area contributed by atoms with Crippen LogP contribution < -0.4 is 0 Å². The molecule has 0 atom stereocenters. The van der Waals surface area contributed by atoms with Crippen molar-refractivity contribution in [2.45, 2.75) is 25.3 Å². The average Bonchev–Trinajstić information content (AvgIpc) is 1.98. The van der Waals surface area contributed by atoms with Gasteiger partial charge in [-0.15, -0.1) is 0 Å². The lowest BCUT2D eigenvalue weighted by Gasteiger charge is -2.37. The zero-order valence-electron chi connectivity index (χ0n) is 9.07. The average molecular weight is 200 g/mol. The van der Waals surface area contributed by atoms with Gasteiger partial charge in [0.05, 0.1) is 13.2 Å². The van der Waals surface area contributed by atoms with E-state index in [4.69, 9.17) is 5.11 Å². The van der Waals surface area contributed by atoms with Crippen LogP contribution in [0.15, 0.2) is 0 Å². The highest BCUT2D eigenvalue weighted by molar-refractivity contribution is 5.78. The highest BCUT2D eigenvalue weighted by Gasteiger charge is 2.28. The molecule has 1 N–H and O–H groups in total. The second-order valence-electron chi connectivity index (χ2n) is 4.13. The molecule has 0 heterocycles. The first kappa shape index (κ1) is 11.5. The highest BCUT2D eigenvalue weighted by atomic mass is 16.3. The number of hydrogen-bond donors (Lipinski definition) is 1. The lowest BCUT2D eigenvalue weighted by molar-refractivity contribution is -0.136. The fourth-order valence-corrected chi connectivity index (χ4v) is 1.68. The highest BCUT2D eigenvalue weighted by Crippen LogP contribution is 2.24. The summed E-state index contributed by atoms with van der Waals surface area (Å²) in [5.74, 6) is 0.133. The second-order valence-corrected chi connectivity index (χ2v) is 4.13. The molecule has 0 aromatic heterocycles. The van der Waals surface area contributed by atoms with Crippen molar-refractivity contribution >= 4 is 5.91 Å². The van der Waals surface area contributed by atoms with Gasteiger partial charge in [0.25, 0.3) is 0 Å². The minimum absolute atomic E-state index is 0.0651. The summed E-state index contributed by atoms with van der Waals surface area (Å²) < 4.78 is 0. The van der Waals surface area contributed by atoms with Crippen LogP contribution in [-0.2, 0) is 4.79 Å². The van der Waals surface area contributed by atoms with Crippen LogP contribution in [-0.4, -0.2) is 60.6 Å². The predicted octanol–water partition coefficient (Wildman–Crippen LogP) is -0.0786. The molecule has 82 valence electrons. The molecule has 0 aromatic rings. The lowest BCUT2D eigenvalue weighted by atomic mass is 9.91. The third-order valence-corrected chi connectivity index (χ3v) is 2.63. The largest absolute Gasteiger partial charge is 0.395 e. The number of amides is 1. The van der Waals surface area contributed by atoms with Gasteiger partial charge in [0.1, 0.15) is 0 Å². The van der Waals surface area contributed by atoms with E-state index in [1.165, 1.54) is 6.42 Å². The third-order valence-electron chi connectivity index (χ3n) is 2.63. The number of carbonyl (C=O) groups is 1. The summed E-state index contributed by atoms with van der Waals surface area (Å²) >= 11 is 0. The van der Waals surface area contributed by atoms with Crippen LogP contribution in [0.1, 0.15) is 19.3 Å². The van der Waals surface area contributed by atoms with Crippen LogP contribution in [0.2, 0.25) is 0 Å². The van der Waals surface area contributed by atoms with Crippen molar-refractivity contribution in [3.05, 3.63) is 0 Å². The van der Waals surface area contributed by atoms with Crippen LogP contribution in [0.5, 0.6) is 0 Å². The molecule has 4 nitrogen and oxygen atoms in total. The maximum absolute atomic E-state index is 11.8. The topological polar surface area (TPSA) is 43.8 Å². The number of nitrogens with zero attached hydrogens (tertiary/aromatic N) is 2. The number of hydrogen-bond acceptors (Lipinski definition) is 3. The fraction of sp³-hybridized carbons (Fsp3) is 0.900. The molecule has 0 radical (unpaired) electrons. The van der Waals surface area contributed by atoms with Gasteiger partial charge < -0.3 is 14.9 Å². The summed E-state index contributed by atoms with van der Waals surface area (Å²) in [6.45, 7) is 0.990. The van der Waals surface area contributed by atoms with Gasteiger partial charge >= 0.3 is 0 Å². The Kier molecular flexibility index (Phi) is 4.35. The zero-order valence-corrected chi connectivity index (χ0v) is 9.07. The zero-order chi connectivity index (χ0) is 10.6. The van der Waals surface area contributed by atoms with E-state index in [1.807, 2.05) is 23.9 Å². The second kappa shape index (κ2) is 5.32. The van der Waals surface area contributed by atoms with E-state index in [1.54, 1.807) is 0 Å². The summed E-state index contributed by atoms with van der Waals surface area (Å²) in [7, 11) is 3.77. The van der Waals surface area contributed by atoms with Gasteiger partial charge in [0.2, 0.25) is 5.91 Å². The Morgan fingerprint density at radius 1 is 1.43 bits per heavy atom. The van der Waals surface area contributed by atoms with Gasteiger partial charge in [0, 0.05) is 12.6 Å². The van der Waals surface area contributed by atoms with Crippen LogP contribution in [0.25, 0.3) is 0 Å². The number of carbonyl (C=O) groups excluding carboxylic acids is 1. The van der Waals surface area contributed by atoms with Crippen LogP contribution in [0.4, 0.5) is 0 Å². The third kappa shape index (κ3) is 2.96. The first-order valence-electron chi connectivity index (χ1n) is 5.20. The van der Waals surface area contributed by atoms with Crippen LogP contribution in [0.3, 0.4) is 0 Å². The van der Waals surface area contributed by atoms with E-state index in [0.29, 0.717) is 19.1 Å². The molecule has 0 aliphatic heterocycles. The van der Waals surface area contributed by atoms with Gasteiger partial charge in [-0.05, 0) is 33.4 Å². The van der Waals surface area contributed by atoms with Crippen LogP contribution >= 0.6 is 0 Å².